The largest absolute Gasteiger partial charge is 0.481 e. The molecule has 1 atom stereocenters. The zero-order valence-electron chi connectivity index (χ0n) is 12.2. The van der Waals surface area contributed by atoms with Gasteiger partial charge >= 0.3 is 0 Å². The fraction of sp³-hybridized carbons (Fsp3) is 0.250. The van der Waals surface area contributed by atoms with Crippen molar-refractivity contribution in [2.45, 2.75) is 19.6 Å². The number of nitriles is 1. The van der Waals surface area contributed by atoms with Gasteiger partial charge in [0, 0.05) is 13.6 Å². The van der Waals surface area contributed by atoms with Crippen molar-refractivity contribution in [3.05, 3.63) is 50.6 Å². The highest BCUT2D eigenvalue weighted by atomic mass is 79.9. The molecule has 0 fully saturated rings. The molecule has 0 N–H and O–H groups in total. The first-order valence-corrected chi connectivity index (χ1v) is 8.31. The number of benzene rings is 1. The Morgan fingerprint density at radius 1 is 1.50 bits per heavy atom. The average molecular weight is 379 g/mol. The third-order valence-corrected chi connectivity index (χ3v) is 4.59. The second-order valence-corrected chi connectivity index (χ2v) is 7.14. The SMILES string of the molecule is CC(Oc1cccc(C#N)c1)C(=O)N(C)Cc1csc(Br)c1. The topological polar surface area (TPSA) is 53.3 Å². The van der Waals surface area contributed by atoms with Gasteiger partial charge in [0.25, 0.3) is 5.91 Å². The highest BCUT2D eigenvalue weighted by molar-refractivity contribution is 9.11. The van der Waals surface area contributed by atoms with Crippen molar-refractivity contribution >= 4 is 33.2 Å². The Morgan fingerprint density at radius 3 is 2.91 bits per heavy atom. The van der Waals surface area contributed by atoms with E-state index in [1.54, 1.807) is 54.5 Å². The normalized spacial score (nSPS) is 11.5. The van der Waals surface area contributed by atoms with Gasteiger partial charge in [0.15, 0.2) is 6.10 Å². The van der Waals surface area contributed by atoms with Crippen LogP contribution < -0.4 is 4.74 Å². The summed E-state index contributed by atoms with van der Waals surface area (Å²) in [6, 6.07) is 10.8. The summed E-state index contributed by atoms with van der Waals surface area (Å²) in [7, 11) is 1.75. The van der Waals surface area contributed by atoms with Gasteiger partial charge in [0.2, 0.25) is 0 Å². The Hall–Kier alpha value is -1.84. The van der Waals surface area contributed by atoms with Crippen molar-refractivity contribution in [3.8, 4) is 11.8 Å². The molecular weight excluding hydrogens is 364 g/mol. The van der Waals surface area contributed by atoms with Gasteiger partial charge in [-0.25, -0.2) is 0 Å². The minimum atomic E-state index is -0.610. The summed E-state index contributed by atoms with van der Waals surface area (Å²) in [4.78, 5) is 14.0. The maximum absolute atomic E-state index is 12.3. The van der Waals surface area contributed by atoms with Crippen LogP contribution >= 0.6 is 27.3 Å². The molecule has 0 saturated heterocycles. The molecule has 0 radical (unpaired) electrons. The monoisotopic (exact) mass is 378 g/mol. The zero-order chi connectivity index (χ0) is 16.1. The molecule has 4 nitrogen and oxygen atoms in total. The number of halogens is 1. The first kappa shape index (κ1) is 16.5. The molecule has 22 heavy (non-hydrogen) atoms. The van der Waals surface area contributed by atoms with Gasteiger partial charge < -0.3 is 9.64 Å². The molecule has 0 aliphatic rings. The van der Waals surface area contributed by atoms with E-state index in [9.17, 15) is 4.79 Å². The highest BCUT2D eigenvalue weighted by Crippen LogP contribution is 2.22. The van der Waals surface area contributed by atoms with Crippen LogP contribution in [0.15, 0.2) is 39.5 Å². The van der Waals surface area contributed by atoms with Gasteiger partial charge in [-0.05, 0) is 58.1 Å². The smallest absolute Gasteiger partial charge is 0.263 e. The van der Waals surface area contributed by atoms with Crippen LogP contribution in [0.25, 0.3) is 0 Å². The van der Waals surface area contributed by atoms with Gasteiger partial charge in [0.1, 0.15) is 5.75 Å². The maximum Gasteiger partial charge on any atom is 0.263 e. The van der Waals surface area contributed by atoms with Crippen molar-refractivity contribution in [1.29, 1.82) is 5.26 Å². The number of thiophene rings is 1. The number of nitrogens with zero attached hydrogens (tertiary/aromatic N) is 2. The summed E-state index contributed by atoms with van der Waals surface area (Å²) in [6.07, 6.45) is -0.610. The highest BCUT2D eigenvalue weighted by Gasteiger charge is 2.19. The number of rotatable bonds is 5. The standard InChI is InChI=1S/C16H15BrN2O2S/c1-11(21-14-5-3-4-12(6-14)8-18)16(20)19(2)9-13-7-15(17)22-10-13/h3-7,10-11H,9H2,1-2H3. The molecule has 2 rings (SSSR count). The van der Waals surface area contributed by atoms with Gasteiger partial charge in [-0.2, -0.15) is 5.26 Å². The van der Waals surface area contributed by atoms with Gasteiger partial charge in [-0.3, -0.25) is 4.79 Å². The van der Waals surface area contributed by atoms with Crippen LogP contribution in [0.2, 0.25) is 0 Å². The average Bonchev–Trinajstić information content (AvgIpc) is 2.91. The number of carbonyl (C=O) groups excluding carboxylic acids is 1. The van der Waals surface area contributed by atoms with Crippen LogP contribution in [0, 0.1) is 11.3 Å². The predicted octanol–water partition coefficient (Wildman–Crippen LogP) is 3.81. The summed E-state index contributed by atoms with van der Waals surface area (Å²) < 4.78 is 6.68. The second kappa shape index (κ2) is 7.43. The van der Waals surface area contributed by atoms with Crippen LogP contribution in [-0.4, -0.2) is 24.0 Å². The van der Waals surface area contributed by atoms with E-state index < -0.39 is 6.10 Å². The van der Waals surface area contributed by atoms with Crippen molar-refractivity contribution in [2.24, 2.45) is 0 Å². The van der Waals surface area contributed by atoms with Gasteiger partial charge in [-0.15, -0.1) is 11.3 Å². The molecule has 2 aromatic rings. The molecule has 0 spiro atoms. The lowest BCUT2D eigenvalue weighted by Crippen LogP contribution is -2.37. The molecule has 1 aromatic carbocycles. The number of carbonyl (C=O) groups is 1. The molecule has 1 aromatic heterocycles. The van der Waals surface area contributed by atoms with E-state index in [0.29, 0.717) is 17.9 Å². The van der Waals surface area contributed by atoms with Crippen LogP contribution in [0.5, 0.6) is 5.75 Å². The number of hydrogen-bond acceptors (Lipinski definition) is 4. The molecule has 0 aliphatic carbocycles. The Morgan fingerprint density at radius 2 is 2.27 bits per heavy atom. The van der Waals surface area contributed by atoms with E-state index in [0.717, 1.165) is 9.35 Å². The maximum atomic E-state index is 12.3. The number of amides is 1. The third-order valence-electron chi connectivity index (χ3n) is 3.04. The van der Waals surface area contributed by atoms with Crippen molar-refractivity contribution in [2.75, 3.05) is 7.05 Å². The Balaban J connectivity index is 1.97. The Kier molecular flexibility index (Phi) is 5.58. The molecule has 0 bridgehead atoms. The predicted molar refractivity (Wildman–Crippen MR) is 89.7 cm³/mol. The summed E-state index contributed by atoms with van der Waals surface area (Å²) >= 11 is 5.00. The molecule has 1 heterocycles. The van der Waals surface area contributed by atoms with E-state index in [1.165, 1.54) is 0 Å². The number of hydrogen-bond donors (Lipinski definition) is 0. The minimum Gasteiger partial charge on any atom is -0.481 e. The zero-order valence-corrected chi connectivity index (χ0v) is 14.6. The fourth-order valence-electron chi connectivity index (χ4n) is 1.98. The molecule has 0 saturated carbocycles. The Labute approximate surface area is 142 Å². The van der Waals surface area contributed by atoms with Crippen molar-refractivity contribution < 1.29 is 9.53 Å². The van der Waals surface area contributed by atoms with Gasteiger partial charge in [-0.1, -0.05) is 6.07 Å². The molecule has 6 heteroatoms. The lowest BCUT2D eigenvalue weighted by Gasteiger charge is -2.21. The van der Waals surface area contributed by atoms with Gasteiger partial charge in [0.05, 0.1) is 15.4 Å². The molecule has 1 unspecified atom stereocenters. The summed E-state index contributed by atoms with van der Waals surface area (Å²) in [5, 5.41) is 10.9. The van der Waals surface area contributed by atoms with Crippen LogP contribution in [0.4, 0.5) is 0 Å². The third kappa shape index (κ3) is 4.33. The first-order chi connectivity index (χ1) is 10.5. The number of ether oxygens (including phenoxy) is 1. The van der Waals surface area contributed by atoms with Crippen molar-refractivity contribution in [1.82, 2.24) is 4.90 Å². The summed E-state index contributed by atoms with van der Waals surface area (Å²) in [5.74, 6) is 0.413. The van der Waals surface area contributed by atoms with Crippen LogP contribution in [0.1, 0.15) is 18.1 Å². The lowest BCUT2D eigenvalue weighted by atomic mass is 10.2. The number of likely N-dealkylation sites (N-methyl/N-ethyl adjacent to an activating group) is 1. The molecular formula is C16H15BrN2O2S. The molecule has 0 aliphatic heterocycles. The Bertz CT molecular complexity index is 708. The quantitative estimate of drug-likeness (QED) is 0.794. The van der Waals surface area contributed by atoms with E-state index >= 15 is 0 Å². The summed E-state index contributed by atoms with van der Waals surface area (Å²) in [6.45, 7) is 2.24. The van der Waals surface area contributed by atoms with E-state index in [4.69, 9.17) is 10.00 Å². The fourth-order valence-corrected chi connectivity index (χ4v) is 3.18. The van der Waals surface area contributed by atoms with E-state index in [2.05, 4.69) is 15.9 Å². The second-order valence-electron chi connectivity index (χ2n) is 4.85. The first-order valence-electron chi connectivity index (χ1n) is 6.64. The molecule has 114 valence electrons. The molecule has 1 amide bonds. The van der Waals surface area contributed by atoms with E-state index in [1.807, 2.05) is 17.5 Å². The van der Waals surface area contributed by atoms with Crippen LogP contribution in [0.3, 0.4) is 0 Å². The minimum absolute atomic E-state index is 0.107. The van der Waals surface area contributed by atoms with E-state index in [-0.39, 0.29) is 5.91 Å². The van der Waals surface area contributed by atoms with Crippen LogP contribution in [-0.2, 0) is 11.3 Å². The van der Waals surface area contributed by atoms with Crippen molar-refractivity contribution in [3.63, 3.8) is 0 Å². The summed E-state index contributed by atoms with van der Waals surface area (Å²) in [5.41, 5.74) is 1.58. The lowest BCUT2D eigenvalue weighted by molar-refractivity contribution is -0.137.